The minimum Gasteiger partial charge on any atom is -0.495 e. The van der Waals surface area contributed by atoms with Crippen molar-refractivity contribution < 1.29 is 9.53 Å². The third-order valence-electron chi connectivity index (χ3n) is 4.34. The van der Waals surface area contributed by atoms with E-state index in [4.69, 9.17) is 4.74 Å². The van der Waals surface area contributed by atoms with Gasteiger partial charge in [-0.1, -0.05) is 56.1 Å². The number of rotatable bonds is 5. The first-order chi connectivity index (χ1) is 14.5. The quantitative estimate of drug-likeness (QED) is 0.360. The number of hydrogen-bond acceptors (Lipinski definition) is 4. The highest BCUT2D eigenvalue weighted by atomic mass is 79.9. The topological polar surface area (TPSA) is 69.0 Å². The Labute approximate surface area is 190 Å². The van der Waals surface area contributed by atoms with E-state index in [1.165, 1.54) is 0 Å². The zero-order chi connectivity index (χ0) is 21.1. The number of nitrogens with one attached hydrogen (secondary N) is 1. The molecule has 8 heteroatoms. The fraction of sp³-hybridized carbons (Fsp3) is 0.0455. The van der Waals surface area contributed by atoms with Crippen molar-refractivity contribution in [2.45, 2.75) is 0 Å². The summed E-state index contributed by atoms with van der Waals surface area (Å²) in [5.41, 5.74) is 2.18. The number of carbonyl (C=O) groups is 1. The molecule has 1 N–H and O–H groups in total. The predicted molar refractivity (Wildman–Crippen MR) is 123 cm³/mol. The summed E-state index contributed by atoms with van der Waals surface area (Å²) in [6.07, 6.45) is 0. The van der Waals surface area contributed by atoms with Gasteiger partial charge < -0.3 is 10.1 Å². The van der Waals surface area contributed by atoms with Crippen LogP contribution in [0.5, 0.6) is 5.75 Å². The fourth-order valence-corrected chi connectivity index (χ4v) is 3.41. The Hall–Kier alpha value is -2.97. The number of nitrogens with zero attached hydrogens (tertiary/aromatic N) is 3. The average molecular weight is 528 g/mol. The van der Waals surface area contributed by atoms with Crippen molar-refractivity contribution >= 4 is 43.5 Å². The van der Waals surface area contributed by atoms with Crippen molar-refractivity contribution in [1.82, 2.24) is 14.8 Å². The first-order valence-corrected chi connectivity index (χ1v) is 10.6. The summed E-state index contributed by atoms with van der Waals surface area (Å²) in [4.78, 5) is 17.4. The Balaban J connectivity index is 1.75. The summed E-state index contributed by atoms with van der Waals surface area (Å²) in [7, 11) is 1.55. The molecule has 0 aliphatic rings. The number of aromatic nitrogens is 3. The number of amides is 1. The molecule has 0 atom stereocenters. The molecule has 0 saturated heterocycles. The molecule has 30 heavy (non-hydrogen) atoms. The van der Waals surface area contributed by atoms with Gasteiger partial charge in [-0.2, -0.15) is 0 Å². The highest BCUT2D eigenvalue weighted by molar-refractivity contribution is 9.10. The van der Waals surface area contributed by atoms with Gasteiger partial charge in [0.1, 0.15) is 5.75 Å². The van der Waals surface area contributed by atoms with Crippen molar-refractivity contribution in [3.05, 3.63) is 87.6 Å². The van der Waals surface area contributed by atoms with Gasteiger partial charge in [0.25, 0.3) is 5.91 Å². The van der Waals surface area contributed by atoms with E-state index < -0.39 is 5.91 Å². The molecule has 0 bridgehead atoms. The lowest BCUT2D eigenvalue weighted by Gasteiger charge is -2.08. The third-order valence-corrected chi connectivity index (χ3v) is 5.40. The molecule has 0 unspecified atom stereocenters. The maximum atomic E-state index is 12.9. The van der Waals surface area contributed by atoms with Crippen molar-refractivity contribution in [2.75, 3.05) is 12.4 Å². The van der Waals surface area contributed by atoms with Gasteiger partial charge in [0.15, 0.2) is 5.82 Å². The highest BCUT2D eigenvalue weighted by Crippen LogP contribution is 2.26. The Morgan fingerprint density at radius 2 is 1.57 bits per heavy atom. The predicted octanol–water partition coefficient (Wildman–Crippen LogP) is 5.72. The van der Waals surface area contributed by atoms with Crippen LogP contribution in [0.3, 0.4) is 0 Å². The van der Waals surface area contributed by atoms with Gasteiger partial charge >= 0.3 is 0 Å². The SMILES string of the molecule is COc1ccccc1NC(=O)c1nc(-c2ccc(Br)cc2)n(-c2ccc(Br)cc2)n1. The minimum absolute atomic E-state index is 0.0572. The summed E-state index contributed by atoms with van der Waals surface area (Å²) >= 11 is 6.89. The van der Waals surface area contributed by atoms with Crippen LogP contribution in [0, 0.1) is 0 Å². The zero-order valence-corrected chi connectivity index (χ0v) is 19.0. The van der Waals surface area contributed by atoms with E-state index in [0.717, 1.165) is 20.2 Å². The summed E-state index contributed by atoms with van der Waals surface area (Å²) in [5, 5.41) is 7.31. The van der Waals surface area contributed by atoms with Gasteiger partial charge in [-0.05, 0) is 48.5 Å². The molecule has 1 aromatic heterocycles. The molecular weight excluding hydrogens is 512 g/mol. The van der Waals surface area contributed by atoms with E-state index in [2.05, 4.69) is 47.3 Å². The second kappa shape index (κ2) is 8.81. The number of halogens is 2. The van der Waals surface area contributed by atoms with E-state index in [9.17, 15) is 4.79 Å². The van der Waals surface area contributed by atoms with E-state index in [-0.39, 0.29) is 5.82 Å². The first kappa shape index (κ1) is 20.3. The number of methoxy groups -OCH3 is 1. The molecule has 0 saturated carbocycles. The fourth-order valence-electron chi connectivity index (χ4n) is 2.88. The van der Waals surface area contributed by atoms with Crippen LogP contribution < -0.4 is 10.1 Å². The number of hydrogen-bond donors (Lipinski definition) is 1. The van der Waals surface area contributed by atoms with Crippen LogP contribution in [0.2, 0.25) is 0 Å². The van der Waals surface area contributed by atoms with Crippen LogP contribution in [-0.2, 0) is 0 Å². The molecule has 0 aliphatic heterocycles. The van der Waals surface area contributed by atoms with Gasteiger partial charge in [0, 0.05) is 14.5 Å². The first-order valence-electron chi connectivity index (χ1n) is 8.98. The molecule has 150 valence electrons. The van der Waals surface area contributed by atoms with Crippen LogP contribution >= 0.6 is 31.9 Å². The Kier molecular flexibility index (Phi) is 5.96. The maximum absolute atomic E-state index is 12.9. The van der Waals surface area contributed by atoms with Crippen LogP contribution in [0.1, 0.15) is 10.6 Å². The molecule has 4 aromatic rings. The number of ether oxygens (including phenoxy) is 1. The third kappa shape index (κ3) is 4.29. The Bertz CT molecular complexity index is 1130. The molecule has 3 aromatic carbocycles. The van der Waals surface area contributed by atoms with E-state index in [1.807, 2.05) is 60.7 Å². The highest BCUT2D eigenvalue weighted by Gasteiger charge is 2.20. The minimum atomic E-state index is -0.422. The Morgan fingerprint density at radius 1 is 0.933 bits per heavy atom. The zero-order valence-electron chi connectivity index (χ0n) is 15.8. The van der Waals surface area contributed by atoms with Crippen LogP contribution in [0.15, 0.2) is 81.7 Å². The molecule has 0 fully saturated rings. The average Bonchev–Trinajstić information content (AvgIpc) is 3.21. The molecule has 0 spiro atoms. The van der Waals surface area contributed by atoms with Crippen LogP contribution in [-0.4, -0.2) is 27.8 Å². The molecule has 1 heterocycles. The summed E-state index contributed by atoms with van der Waals surface area (Å²) in [6.45, 7) is 0. The molecular formula is C22H16Br2N4O2. The van der Waals surface area contributed by atoms with Crippen molar-refractivity contribution in [3.8, 4) is 22.8 Å². The second-order valence-electron chi connectivity index (χ2n) is 6.31. The summed E-state index contributed by atoms with van der Waals surface area (Å²) in [6, 6.07) is 22.5. The number of anilines is 1. The maximum Gasteiger partial charge on any atom is 0.295 e. The molecule has 4 rings (SSSR count). The van der Waals surface area contributed by atoms with E-state index >= 15 is 0 Å². The van der Waals surface area contributed by atoms with Gasteiger partial charge in [-0.3, -0.25) is 4.79 Å². The van der Waals surface area contributed by atoms with Crippen LogP contribution in [0.4, 0.5) is 5.69 Å². The molecule has 0 aliphatic carbocycles. The lowest BCUT2D eigenvalue weighted by atomic mass is 10.2. The summed E-state index contributed by atoms with van der Waals surface area (Å²) in [5.74, 6) is 0.761. The largest absolute Gasteiger partial charge is 0.495 e. The van der Waals surface area contributed by atoms with Crippen molar-refractivity contribution in [1.29, 1.82) is 0 Å². The normalized spacial score (nSPS) is 10.6. The van der Waals surface area contributed by atoms with E-state index in [1.54, 1.807) is 23.9 Å². The molecule has 6 nitrogen and oxygen atoms in total. The standard InChI is InChI=1S/C22H16Br2N4O2/c1-30-19-5-3-2-4-18(19)25-22(29)20-26-21(14-6-8-15(23)9-7-14)28(27-20)17-12-10-16(24)11-13-17/h2-13H,1H3,(H,25,29). The summed E-state index contributed by atoms with van der Waals surface area (Å²) < 4.78 is 8.87. The van der Waals surface area contributed by atoms with E-state index in [0.29, 0.717) is 17.3 Å². The van der Waals surface area contributed by atoms with Gasteiger partial charge in [0.2, 0.25) is 5.82 Å². The van der Waals surface area contributed by atoms with Gasteiger partial charge in [-0.25, -0.2) is 9.67 Å². The van der Waals surface area contributed by atoms with Gasteiger partial charge in [0.05, 0.1) is 18.5 Å². The molecule has 0 radical (unpaired) electrons. The number of para-hydroxylation sites is 2. The number of carbonyl (C=O) groups excluding carboxylic acids is 1. The second-order valence-corrected chi connectivity index (χ2v) is 8.14. The lowest BCUT2D eigenvalue weighted by Crippen LogP contribution is -2.14. The van der Waals surface area contributed by atoms with Gasteiger partial charge in [-0.15, -0.1) is 5.10 Å². The van der Waals surface area contributed by atoms with Crippen LogP contribution in [0.25, 0.3) is 17.1 Å². The molecule has 1 amide bonds. The monoisotopic (exact) mass is 526 g/mol. The van der Waals surface area contributed by atoms with Crippen molar-refractivity contribution in [3.63, 3.8) is 0 Å². The lowest BCUT2D eigenvalue weighted by molar-refractivity contribution is 0.101. The number of benzene rings is 3. The Morgan fingerprint density at radius 3 is 2.23 bits per heavy atom. The van der Waals surface area contributed by atoms with Crippen molar-refractivity contribution in [2.24, 2.45) is 0 Å². The smallest absolute Gasteiger partial charge is 0.295 e.